The number of rotatable bonds is 8. The first kappa shape index (κ1) is 21.0. The van der Waals surface area contributed by atoms with Gasteiger partial charge in [0.05, 0.1) is 11.7 Å². The van der Waals surface area contributed by atoms with Gasteiger partial charge in [-0.05, 0) is 43.7 Å². The fourth-order valence-electron chi connectivity index (χ4n) is 2.50. The highest BCUT2D eigenvalue weighted by Gasteiger charge is 2.18. The molecule has 0 fully saturated rings. The van der Waals surface area contributed by atoms with Crippen molar-refractivity contribution < 1.29 is 22.5 Å². The van der Waals surface area contributed by atoms with E-state index in [9.17, 15) is 17.8 Å². The predicted molar refractivity (Wildman–Crippen MR) is 101 cm³/mol. The van der Waals surface area contributed by atoms with E-state index < -0.39 is 23.5 Å². The number of carbonyl (C=O) groups is 1. The van der Waals surface area contributed by atoms with E-state index in [-0.39, 0.29) is 23.4 Å². The lowest BCUT2D eigenvalue weighted by Gasteiger charge is -2.21. The molecule has 0 radical (unpaired) electrons. The van der Waals surface area contributed by atoms with Crippen molar-refractivity contribution >= 4 is 22.4 Å². The summed E-state index contributed by atoms with van der Waals surface area (Å²) in [5.41, 5.74) is 1.11. The molecule has 0 saturated carbocycles. The topological polar surface area (TPSA) is 67.4 Å². The Morgan fingerprint density at radius 1 is 1.07 bits per heavy atom. The number of alkyl halides is 2. The van der Waals surface area contributed by atoms with Gasteiger partial charge in [0.1, 0.15) is 5.75 Å². The molecule has 2 aromatic rings. The fourth-order valence-corrected chi connectivity index (χ4v) is 3.02. The Morgan fingerprint density at radius 3 is 2.30 bits per heavy atom. The van der Waals surface area contributed by atoms with Crippen molar-refractivity contribution in [3.05, 3.63) is 54.1 Å². The van der Waals surface area contributed by atoms with Crippen LogP contribution in [0, 0.1) is 0 Å². The van der Waals surface area contributed by atoms with Crippen molar-refractivity contribution in [2.75, 3.05) is 11.6 Å². The van der Waals surface area contributed by atoms with Crippen molar-refractivity contribution in [3.63, 3.8) is 0 Å². The highest BCUT2D eigenvalue weighted by Crippen LogP contribution is 2.25. The van der Waals surface area contributed by atoms with Gasteiger partial charge in [0.25, 0.3) is 0 Å². The smallest absolute Gasteiger partial charge is 0.387 e. The number of nitrogens with one attached hydrogen (secondary N) is 2. The van der Waals surface area contributed by atoms with E-state index in [2.05, 4.69) is 15.4 Å². The molecule has 0 aliphatic carbocycles. The minimum atomic E-state index is -2.97. The van der Waals surface area contributed by atoms with E-state index in [0.717, 1.165) is 10.5 Å². The molecular formula is C19H22F2N2O3S. The first-order valence-electron chi connectivity index (χ1n) is 8.32. The third-order valence-corrected chi connectivity index (χ3v) is 4.90. The summed E-state index contributed by atoms with van der Waals surface area (Å²) >= 11 is 0. The average Bonchev–Trinajstić information content (AvgIpc) is 2.62. The van der Waals surface area contributed by atoms with Crippen LogP contribution in [0.25, 0.3) is 0 Å². The van der Waals surface area contributed by atoms with E-state index in [0.29, 0.717) is 0 Å². The van der Waals surface area contributed by atoms with E-state index in [1.54, 1.807) is 37.4 Å². The van der Waals surface area contributed by atoms with Gasteiger partial charge >= 0.3 is 6.61 Å². The quantitative estimate of drug-likeness (QED) is 0.714. The molecule has 2 aromatic carbocycles. The van der Waals surface area contributed by atoms with Crippen molar-refractivity contribution in [2.45, 2.75) is 37.4 Å². The van der Waals surface area contributed by atoms with Crippen molar-refractivity contribution in [3.8, 4) is 5.75 Å². The molecule has 0 heterocycles. The lowest BCUT2D eigenvalue weighted by molar-refractivity contribution is -0.118. The Kier molecular flexibility index (Phi) is 7.44. The van der Waals surface area contributed by atoms with Gasteiger partial charge < -0.3 is 10.1 Å². The van der Waals surface area contributed by atoms with Crippen LogP contribution >= 0.6 is 0 Å². The number of anilines is 1. The maximum absolute atomic E-state index is 12.5. The van der Waals surface area contributed by atoms with Crippen LogP contribution in [-0.4, -0.2) is 29.0 Å². The summed E-state index contributed by atoms with van der Waals surface area (Å²) in [6.45, 7) is 0.604. The molecule has 8 heteroatoms. The largest absolute Gasteiger partial charge is 0.433 e. The number of benzene rings is 2. The molecule has 27 heavy (non-hydrogen) atoms. The fraction of sp³-hybridized carbons (Fsp3) is 0.316. The molecule has 0 aromatic heterocycles. The zero-order chi connectivity index (χ0) is 20.0. The van der Waals surface area contributed by atoms with Crippen LogP contribution in [0.15, 0.2) is 53.4 Å². The zero-order valence-electron chi connectivity index (χ0n) is 15.2. The Labute approximate surface area is 159 Å². The highest BCUT2D eigenvalue weighted by atomic mass is 32.2. The molecule has 0 aliphatic rings. The number of halogens is 2. The Bertz CT molecular complexity index is 800. The lowest BCUT2D eigenvalue weighted by atomic mass is 10.1. The molecule has 3 atom stereocenters. The zero-order valence-corrected chi connectivity index (χ0v) is 16.1. The molecule has 0 bridgehead atoms. The Balaban J connectivity index is 2.00. The number of para-hydroxylation sites is 2. The molecule has 5 nitrogen and oxygen atoms in total. The van der Waals surface area contributed by atoms with E-state index in [1.165, 1.54) is 12.1 Å². The summed E-state index contributed by atoms with van der Waals surface area (Å²) in [5.74, 6) is -0.470. The number of hydrogen-bond acceptors (Lipinski definition) is 4. The minimum absolute atomic E-state index is 0.0933. The Hall–Kier alpha value is -2.32. The van der Waals surface area contributed by atoms with Gasteiger partial charge in [-0.1, -0.05) is 24.3 Å². The van der Waals surface area contributed by atoms with Gasteiger partial charge in [-0.2, -0.15) is 8.78 Å². The third-order valence-electron chi connectivity index (χ3n) is 3.97. The minimum Gasteiger partial charge on any atom is -0.433 e. The second-order valence-electron chi connectivity index (χ2n) is 6.00. The number of ether oxygens (including phenoxy) is 1. The van der Waals surface area contributed by atoms with Crippen LogP contribution in [0.3, 0.4) is 0 Å². The monoisotopic (exact) mass is 396 g/mol. The van der Waals surface area contributed by atoms with E-state index in [4.69, 9.17) is 0 Å². The molecule has 146 valence electrons. The maximum atomic E-state index is 12.5. The summed E-state index contributed by atoms with van der Waals surface area (Å²) in [7, 11) is -1.05. The van der Waals surface area contributed by atoms with Crippen LogP contribution in [0.4, 0.5) is 14.5 Å². The Morgan fingerprint density at radius 2 is 1.70 bits per heavy atom. The van der Waals surface area contributed by atoms with E-state index in [1.807, 2.05) is 19.1 Å². The summed E-state index contributed by atoms with van der Waals surface area (Å²) < 4.78 is 40.8. The summed E-state index contributed by atoms with van der Waals surface area (Å²) in [6.07, 6.45) is 1.61. The van der Waals surface area contributed by atoms with Crippen LogP contribution < -0.4 is 15.4 Å². The van der Waals surface area contributed by atoms with Crippen LogP contribution in [-0.2, 0) is 15.6 Å². The lowest BCUT2D eigenvalue weighted by Crippen LogP contribution is -2.39. The first-order valence-corrected chi connectivity index (χ1v) is 9.88. The molecular weight excluding hydrogens is 374 g/mol. The molecule has 0 unspecified atom stereocenters. The van der Waals surface area contributed by atoms with Gasteiger partial charge in [-0.25, -0.2) is 0 Å². The van der Waals surface area contributed by atoms with Gasteiger partial charge in [-0.3, -0.25) is 14.3 Å². The molecule has 2 rings (SSSR count). The highest BCUT2D eigenvalue weighted by molar-refractivity contribution is 7.84. The molecule has 0 aliphatic heterocycles. The maximum Gasteiger partial charge on any atom is 0.387 e. The number of amides is 1. The number of carbonyl (C=O) groups excluding carboxylic acids is 1. The predicted octanol–water partition coefficient (Wildman–Crippen LogP) is 3.70. The molecule has 2 N–H and O–H groups in total. The second-order valence-corrected chi connectivity index (χ2v) is 7.38. The second kappa shape index (κ2) is 9.57. The standard InChI is InChI=1S/C19H22F2N2O3S/c1-12(14-8-10-15(11-9-14)27(3)25)22-13(2)18(24)23-16-6-4-5-7-17(16)26-19(20)21/h4-13,19,22H,1-3H3,(H,23,24)/t12-,13+,27+/m1/s1. The number of hydrogen-bond donors (Lipinski definition) is 2. The van der Waals surface area contributed by atoms with Crippen LogP contribution in [0.5, 0.6) is 5.75 Å². The van der Waals surface area contributed by atoms with Crippen LogP contribution in [0.2, 0.25) is 0 Å². The van der Waals surface area contributed by atoms with Gasteiger partial charge in [0, 0.05) is 28.0 Å². The SMILES string of the molecule is C[C@H](N[C@H](C)c1ccc([S@](C)=O)cc1)C(=O)Nc1ccccc1OC(F)F. The third kappa shape index (κ3) is 6.11. The van der Waals surface area contributed by atoms with Gasteiger partial charge in [-0.15, -0.1) is 0 Å². The van der Waals surface area contributed by atoms with Crippen molar-refractivity contribution in [2.24, 2.45) is 0 Å². The summed E-state index contributed by atoms with van der Waals surface area (Å²) in [4.78, 5) is 13.1. The normalized spacial score (nSPS) is 14.4. The average molecular weight is 396 g/mol. The van der Waals surface area contributed by atoms with Crippen molar-refractivity contribution in [1.82, 2.24) is 5.32 Å². The van der Waals surface area contributed by atoms with Gasteiger partial charge in [0.15, 0.2) is 0 Å². The van der Waals surface area contributed by atoms with Crippen LogP contribution in [0.1, 0.15) is 25.5 Å². The van der Waals surface area contributed by atoms with E-state index >= 15 is 0 Å². The molecule has 1 amide bonds. The molecule has 0 spiro atoms. The van der Waals surface area contributed by atoms with Gasteiger partial charge in [0.2, 0.25) is 5.91 Å². The first-order chi connectivity index (χ1) is 12.8. The summed E-state index contributed by atoms with van der Waals surface area (Å²) in [6, 6.07) is 12.6. The molecule has 0 saturated heterocycles. The van der Waals surface area contributed by atoms with Crippen molar-refractivity contribution in [1.29, 1.82) is 0 Å². The summed E-state index contributed by atoms with van der Waals surface area (Å²) in [5, 5.41) is 5.74.